The Bertz CT molecular complexity index is 579. The summed E-state index contributed by atoms with van der Waals surface area (Å²) in [5, 5.41) is 9.50. The molecule has 1 saturated carbocycles. The molecule has 0 saturated heterocycles. The van der Waals surface area contributed by atoms with Crippen molar-refractivity contribution in [1.29, 1.82) is 0 Å². The molecule has 2 aromatic rings. The minimum Gasteiger partial charge on any atom is -0.393 e. The van der Waals surface area contributed by atoms with Gasteiger partial charge in [0.25, 0.3) is 0 Å². The highest BCUT2D eigenvalue weighted by atomic mass is 16.3. The van der Waals surface area contributed by atoms with E-state index < -0.39 is 0 Å². The summed E-state index contributed by atoms with van der Waals surface area (Å²) >= 11 is 0. The van der Waals surface area contributed by atoms with Crippen LogP contribution >= 0.6 is 0 Å². The lowest BCUT2D eigenvalue weighted by Crippen LogP contribution is -2.27. The number of hydrogen-bond acceptors (Lipinski definition) is 3. The SMILES string of the molecule is O=c1[nH]c2ccncc2n1C1CCC(O)CC1. The summed E-state index contributed by atoms with van der Waals surface area (Å²) in [5.41, 5.74) is 1.62. The predicted octanol–water partition coefficient (Wildman–Crippen LogP) is 1.20. The molecule has 1 fully saturated rings. The summed E-state index contributed by atoms with van der Waals surface area (Å²) in [6.45, 7) is 0. The van der Waals surface area contributed by atoms with Gasteiger partial charge in [0.2, 0.25) is 0 Å². The van der Waals surface area contributed by atoms with E-state index in [1.54, 1.807) is 17.0 Å². The van der Waals surface area contributed by atoms with Crippen molar-refractivity contribution in [3.05, 3.63) is 28.9 Å². The van der Waals surface area contributed by atoms with Crippen LogP contribution in [-0.2, 0) is 0 Å². The minimum absolute atomic E-state index is 0.0746. The molecule has 2 N–H and O–H groups in total. The summed E-state index contributed by atoms with van der Waals surface area (Å²) < 4.78 is 1.79. The van der Waals surface area contributed by atoms with Crippen LogP contribution in [0.3, 0.4) is 0 Å². The normalized spacial score (nSPS) is 25.2. The maximum atomic E-state index is 11.9. The van der Waals surface area contributed by atoms with E-state index in [1.807, 2.05) is 6.07 Å². The Morgan fingerprint density at radius 3 is 2.88 bits per heavy atom. The lowest BCUT2D eigenvalue weighted by molar-refractivity contribution is 0.111. The third kappa shape index (κ3) is 1.76. The first-order valence-electron chi connectivity index (χ1n) is 5.98. The van der Waals surface area contributed by atoms with E-state index in [0.717, 1.165) is 36.7 Å². The van der Waals surface area contributed by atoms with Crippen molar-refractivity contribution >= 4 is 11.0 Å². The predicted molar refractivity (Wildman–Crippen MR) is 63.9 cm³/mol. The van der Waals surface area contributed by atoms with E-state index in [-0.39, 0.29) is 17.8 Å². The molecule has 0 aromatic carbocycles. The van der Waals surface area contributed by atoms with Crippen molar-refractivity contribution in [2.45, 2.75) is 37.8 Å². The molecule has 0 amide bonds. The van der Waals surface area contributed by atoms with E-state index >= 15 is 0 Å². The van der Waals surface area contributed by atoms with Gasteiger partial charge >= 0.3 is 5.69 Å². The lowest BCUT2D eigenvalue weighted by Gasteiger charge is -2.26. The third-order valence-corrected chi connectivity index (χ3v) is 3.55. The number of hydrogen-bond donors (Lipinski definition) is 2. The highest BCUT2D eigenvalue weighted by molar-refractivity contribution is 5.73. The molecule has 0 atom stereocenters. The molecule has 3 rings (SSSR count). The molecule has 2 heterocycles. The molecule has 1 aliphatic carbocycles. The molecule has 0 unspecified atom stereocenters. The average Bonchev–Trinajstić information content (AvgIpc) is 2.66. The lowest BCUT2D eigenvalue weighted by atomic mass is 9.93. The second-order valence-electron chi connectivity index (χ2n) is 4.66. The fraction of sp³-hybridized carbons (Fsp3) is 0.500. The number of nitrogens with one attached hydrogen (secondary N) is 1. The Labute approximate surface area is 98.1 Å². The summed E-state index contributed by atoms with van der Waals surface area (Å²) in [7, 11) is 0. The molecule has 0 bridgehead atoms. The first-order valence-corrected chi connectivity index (χ1v) is 5.98. The van der Waals surface area contributed by atoms with Gasteiger partial charge in [-0.05, 0) is 31.7 Å². The van der Waals surface area contributed by atoms with Gasteiger partial charge in [0.15, 0.2) is 0 Å². The van der Waals surface area contributed by atoms with Crippen LogP contribution in [-0.4, -0.2) is 25.7 Å². The van der Waals surface area contributed by atoms with Crippen LogP contribution in [0, 0.1) is 0 Å². The number of aromatic amines is 1. The standard InChI is InChI=1S/C12H15N3O2/c16-9-3-1-8(2-4-9)15-11-7-13-6-5-10(11)14-12(15)17/h5-9,16H,1-4H2,(H,14,17). The molecule has 0 aliphatic heterocycles. The van der Waals surface area contributed by atoms with E-state index in [1.165, 1.54) is 0 Å². The molecule has 5 nitrogen and oxygen atoms in total. The number of aromatic nitrogens is 3. The number of imidazole rings is 1. The summed E-state index contributed by atoms with van der Waals surface area (Å²) in [5.74, 6) is 0. The Kier molecular flexibility index (Phi) is 2.48. The molecule has 17 heavy (non-hydrogen) atoms. The van der Waals surface area contributed by atoms with Gasteiger partial charge in [0.1, 0.15) is 0 Å². The van der Waals surface area contributed by atoms with Crippen LogP contribution in [0.1, 0.15) is 31.7 Å². The fourth-order valence-electron chi connectivity index (χ4n) is 2.65. The molecule has 2 aromatic heterocycles. The average molecular weight is 233 g/mol. The second-order valence-corrected chi connectivity index (χ2v) is 4.66. The van der Waals surface area contributed by atoms with E-state index in [4.69, 9.17) is 0 Å². The number of H-pyrrole nitrogens is 1. The Morgan fingerprint density at radius 2 is 2.12 bits per heavy atom. The van der Waals surface area contributed by atoms with Gasteiger partial charge in [-0.3, -0.25) is 9.55 Å². The zero-order chi connectivity index (χ0) is 11.8. The molecule has 90 valence electrons. The maximum Gasteiger partial charge on any atom is 0.326 e. The second kappa shape index (κ2) is 4.00. The molecule has 1 aliphatic rings. The van der Waals surface area contributed by atoms with Gasteiger partial charge in [-0.25, -0.2) is 4.79 Å². The first-order chi connectivity index (χ1) is 8.25. The number of pyridine rings is 1. The van der Waals surface area contributed by atoms with Crippen LogP contribution in [0.15, 0.2) is 23.3 Å². The number of aliphatic hydroxyl groups is 1. The van der Waals surface area contributed by atoms with Crippen molar-refractivity contribution in [3.63, 3.8) is 0 Å². The largest absolute Gasteiger partial charge is 0.393 e. The maximum absolute atomic E-state index is 11.9. The zero-order valence-corrected chi connectivity index (χ0v) is 9.47. The van der Waals surface area contributed by atoms with Gasteiger partial charge in [-0.1, -0.05) is 0 Å². The van der Waals surface area contributed by atoms with Crippen molar-refractivity contribution < 1.29 is 5.11 Å². The zero-order valence-electron chi connectivity index (χ0n) is 9.47. The van der Waals surface area contributed by atoms with Gasteiger partial charge in [-0.2, -0.15) is 0 Å². The van der Waals surface area contributed by atoms with Crippen molar-refractivity contribution in [2.75, 3.05) is 0 Å². The van der Waals surface area contributed by atoms with Crippen molar-refractivity contribution in [2.24, 2.45) is 0 Å². The minimum atomic E-state index is -0.203. The number of nitrogens with zero attached hydrogens (tertiary/aromatic N) is 2. The van der Waals surface area contributed by atoms with E-state index in [9.17, 15) is 9.90 Å². The first kappa shape index (κ1) is 10.5. The van der Waals surface area contributed by atoms with Crippen LogP contribution in [0.5, 0.6) is 0 Å². The fourth-order valence-corrected chi connectivity index (χ4v) is 2.65. The molecular weight excluding hydrogens is 218 g/mol. The highest BCUT2D eigenvalue weighted by Crippen LogP contribution is 2.29. The molecule has 0 radical (unpaired) electrons. The van der Waals surface area contributed by atoms with Crippen LogP contribution < -0.4 is 5.69 Å². The van der Waals surface area contributed by atoms with Crippen molar-refractivity contribution in [3.8, 4) is 0 Å². The quantitative estimate of drug-likeness (QED) is 0.777. The monoisotopic (exact) mass is 233 g/mol. The van der Waals surface area contributed by atoms with Crippen LogP contribution in [0.4, 0.5) is 0 Å². The summed E-state index contributed by atoms with van der Waals surface area (Å²) in [4.78, 5) is 18.8. The van der Waals surface area contributed by atoms with Crippen LogP contribution in [0.2, 0.25) is 0 Å². The smallest absolute Gasteiger partial charge is 0.326 e. The van der Waals surface area contributed by atoms with Gasteiger partial charge in [0.05, 0.1) is 23.3 Å². The number of aliphatic hydroxyl groups excluding tert-OH is 1. The molecule has 0 spiro atoms. The Hall–Kier alpha value is -1.62. The number of fused-ring (bicyclic) bond motifs is 1. The van der Waals surface area contributed by atoms with Crippen LogP contribution in [0.25, 0.3) is 11.0 Å². The van der Waals surface area contributed by atoms with Gasteiger partial charge < -0.3 is 10.1 Å². The third-order valence-electron chi connectivity index (χ3n) is 3.55. The van der Waals surface area contributed by atoms with E-state index in [2.05, 4.69) is 9.97 Å². The van der Waals surface area contributed by atoms with Crippen molar-refractivity contribution in [1.82, 2.24) is 14.5 Å². The highest BCUT2D eigenvalue weighted by Gasteiger charge is 2.23. The van der Waals surface area contributed by atoms with Gasteiger partial charge in [0, 0.05) is 12.2 Å². The number of rotatable bonds is 1. The van der Waals surface area contributed by atoms with Gasteiger partial charge in [-0.15, -0.1) is 0 Å². The molecular formula is C12H15N3O2. The Balaban J connectivity index is 2.05. The molecule has 5 heteroatoms. The van der Waals surface area contributed by atoms with E-state index in [0.29, 0.717) is 0 Å². The Morgan fingerprint density at radius 1 is 1.35 bits per heavy atom. The summed E-state index contributed by atoms with van der Waals surface area (Å²) in [6.07, 6.45) is 6.43. The summed E-state index contributed by atoms with van der Waals surface area (Å²) in [6, 6.07) is 1.99. The topological polar surface area (TPSA) is 70.9 Å².